The van der Waals surface area contributed by atoms with Crippen LogP contribution in [0.1, 0.15) is 24.4 Å². The van der Waals surface area contributed by atoms with Crippen molar-refractivity contribution in [3.05, 3.63) is 70.0 Å². The lowest BCUT2D eigenvalue weighted by atomic mass is 10.1. The first kappa shape index (κ1) is 15.7. The Labute approximate surface area is 138 Å². The van der Waals surface area contributed by atoms with Gasteiger partial charge in [0.25, 0.3) is 11.6 Å². The van der Waals surface area contributed by atoms with E-state index < -0.39 is 4.92 Å². The molecule has 7 nitrogen and oxygen atoms in total. The van der Waals surface area contributed by atoms with Crippen LogP contribution in [0.2, 0.25) is 0 Å². The van der Waals surface area contributed by atoms with Gasteiger partial charge < -0.3 is 9.84 Å². The van der Waals surface area contributed by atoms with Gasteiger partial charge in [0.15, 0.2) is 5.82 Å². The molecule has 0 bridgehead atoms. The number of rotatable bonds is 5. The molecule has 2 aromatic carbocycles. The minimum atomic E-state index is -0.424. The Morgan fingerprint density at radius 2 is 1.96 bits per heavy atom. The monoisotopic (exact) mass is 324 g/mol. The normalized spacial score (nSPS) is 11.9. The molecule has 1 N–H and O–H groups in total. The van der Waals surface area contributed by atoms with Crippen LogP contribution in [0.4, 0.5) is 11.4 Å². The number of nitrogens with one attached hydrogen (secondary N) is 1. The highest BCUT2D eigenvalue weighted by Crippen LogP contribution is 2.32. The topological polar surface area (TPSA) is 94.1 Å². The fraction of sp³-hybridized carbons (Fsp3) is 0.176. The van der Waals surface area contributed by atoms with Gasteiger partial charge in [-0.15, -0.1) is 0 Å². The van der Waals surface area contributed by atoms with E-state index in [1.54, 1.807) is 19.1 Å². The molecular weight excluding hydrogens is 308 g/mol. The first-order valence-corrected chi connectivity index (χ1v) is 7.45. The molecule has 1 heterocycles. The smallest absolute Gasteiger partial charge is 0.293 e. The zero-order valence-corrected chi connectivity index (χ0v) is 13.3. The predicted molar refractivity (Wildman–Crippen MR) is 89.6 cm³/mol. The largest absolute Gasteiger partial charge is 0.373 e. The van der Waals surface area contributed by atoms with Crippen LogP contribution in [0.3, 0.4) is 0 Å². The summed E-state index contributed by atoms with van der Waals surface area (Å²) in [4.78, 5) is 15.1. The fourth-order valence-corrected chi connectivity index (χ4v) is 2.41. The molecule has 0 fully saturated rings. The molecule has 1 atom stereocenters. The summed E-state index contributed by atoms with van der Waals surface area (Å²) in [6, 6.07) is 14.5. The second-order valence-corrected chi connectivity index (χ2v) is 5.41. The lowest BCUT2D eigenvalue weighted by Crippen LogP contribution is -2.08. The Morgan fingerprint density at radius 1 is 1.21 bits per heavy atom. The second kappa shape index (κ2) is 6.49. The number of hydrogen-bond donors (Lipinski definition) is 1. The highest BCUT2D eigenvalue weighted by molar-refractivity contribution is 5.70. The number of benzene rings is 2. The SMILES string of the molecule is Cc1noc(-c2ccc(N[C@H](C)c3ccccc3)c([N+](=O)[O-])c2)n1. The van der Waals surface area contributed by atoms with Crippen molar-refractivity contribution in [2.75, 3.05) is 5.32 Å². The number of aryl methyl sites for hydroxylation is 1. The van der Waals surface area contributed by atoms with Gasteiger partial charge in [-0.1, -0.05) is 35.5 Å². The fourth-order valence-electron chi connectivity index (χ4n) is 2.41. The Kier molecular flexibility index (Phi) is 4.24. The first-order valence-electron chi connectivity index (χ1n) is 7.45. The minimum absolute atomic E-state index is 0.0360. The van der Waals surface area contributed by atoms with Gasteiger partial charge in [0, 0.05) is 17.7 Å². The molecule has 0 spiro atoms. The maximum Gasteiger partial charge on any atom is 0.293 e. The molecule has 3 rings (SSSR count). The lowest BCUT2D eigenvalue weighted by molar-refractivity contribution is -0.383. The van der Waals surface area contributed by atoms with Crippen molar-refractivity contribution in [2.45, 2.75) is 19.9 Å². The number of nitro groups is 1. The second-order valence-electron chi connectivity index (χ2n) is 5.41. The van der Waals surface area contributed by atoms with Crippen LogP contribution in [0.25, 0.3) is 11.5 Å². The average Bonchev–Trinajstić information content (AvgIpc) is 3.02. The molecule has 0 amide bonds. The van der Waals surface area contributed by atoms with Crippen LogP contribution >= 0.6 is 0 Å². The van der Waals surface area contributed by atoms with Crippen molar-refractivity contribution in [3.8, 4) is 11.5 Å². The highest BCUT2D eigenvalue weighted by Gasteiger charge is 2.19. The average molecular weight is 324 g/mol. The van der Waals surface area contributed by atoms with E-state index in [9.17, 15) is 10.1 Å². The Bertz CT molecular complexity index is 861. The Hall–Kier alpha value is -3.22. The molecule has 24 heavy (non-hydrogen) atoms. The van der Waals surface area contributed by atoms with Crippen LogP contribution in [0.5, 0.6) is 0 Å². The summed E-state index contributed by atoms with van der Waals surface area (Å²) in [5.74, 6) is 0.741. The van der Waals surface area contributed by atoms with E-state index in [-0.39, 0.29) is 17.6 Å². The van der Waals surface area contributed by atoms with E-state index in [1.807, 2.05) is 37.3 Å². The molecule has 0 saturated carbocycles. The van der Waals surface area contributed by atoms with Crippen molar-refractivity contribution >= 4 is 11.4 Å². The van der Waals surface area contributed by atoms with E-state index in [4.69, 9.17) is 4.52 Å². The third-order valence-electron chi connectivity index (χ3n) is 3.64. The van der Waals surface area contributed by atoms with Gasteiger partial charge in [0.05, 0.1) is 4.92 Å². The molecule has 0 unspecified atom stereocenters. The molecule has 0 aliphatic rings. The zero-order valence-electron chi connectivity index (χ0n) is 13.3. The maximum absolute atomic E-state index is 11.4. The molecule has 122 valence electrons. The first-order chi connectivity index (χ1) is 11.5. The number of nitro benzene ring substituents is 1. The van der Waals surface area contributed by atoms with Gasteiger partial charge >= 0.3 is 0 Å². The standard InChI is InChI=1S/C17H16N4O3/c1-11(13-6-4-3-5-7-13)18-15-9-8-14(10-16(15)21(22)23)17-19-12(2)20-24-17/h3-11,18H,1-2H3/t11-/m1/s1. The summed E-state index contributed by atoms with van der Waals surface area (Å²) in [7, 11) is 0. The highest BCUT2D eigenvalue weighted by atomic mass is 16.6. The van der Waals surface area contributed by atoms with Crippen LogP contribution < -0.4 is 5.32 Å². The maximum atomic E-state index is 11.4. The summed E-state index contributed by atoms with van der Waals surface area (Å²) in [5.41, 5.74) is 1.96. The molecule has 0 saturated heterocycles. The number of aromatic nitrogens is 2. The minimum Gasteiger partial charge on any atom is -0.373 e. The quantitative estimate of drug-likeness (QED) is 0.560. The van der Waals surface area contributed by atoms with E-state index in [2.05, 4.69) is 15.5 Å². The van der Waals surface area contributed by atoms with Crippen LogP contribution in [0.15, 0.2) is 53.1 Å². The molecular formula is C17H16N4O3. The van der Waals surface area contributed by atoms with Crippen molar-refractivity contribution in [1.82, 2.24) is 10.1 Å². The third-order valence-corrected chi connectivity index (χ3v) is 3.64. The van der Waals surface area contributed by atoms with E-state index in [1.165, 1.54) is 6.07 Å². The summed E-state index contributed by atoms with van der Waals surface area (Å²) in [5, 5.41) is 18.3. The van der Waals surface area contributed by atoms with Gasteiger partial charge in [-0.05, 0) is 31.5 Å². The van der Waals surface area contributed by atoms with E-state index in [0.717, 1.165) is 5.56 Å². The van der Waals surface area contributed by atoms with Crippen LogP contribution in [-0.4, -0.2) is 15.1 Å². The summed E-state index contributed by atoms with van der Waals surface area (Å²) >= 11 is 0. The molecule has 0 aliphatic heterocycles. The summed E-state index contributed by atoms with van der Waals surface area (Å²) < 4.78 is 5.07. The van der Waals surface area contributed by atoms with Gasteiger partial charge in [-0.3, -0.25) is 10.1 Å². The molecule has 3 aromatic rings. The lowest BCUT2D eigenvalue weighted by Gasteiger charge is -2.15. The molecule has 0 aliphatic carbocycles. The van der Waals surface area contributed by atoms with Gasteiger partial charge in [0.1, 0.15) is 5.69 Å². The Balaban J connectivity index is 1.92. The molecule has 7 heteroatoms. The van der Waals surface area contributed by atoms with Gasteiger partial charge in [-0.25, -0.2) is 0 Å². The van der Waals surface area contributed by atoms with Crippen molar-refractivity contribution in [3.63, 3.8) is 0 Å². The number of nitrogens with zero attached hydrogens (tertiary/aromatic N) is 3. The number of anilines is 1. The van der Waals surface area contributed by atoms with E-state index >= 15 is 0 Å². The van der Waals surface area contributed by atoms with Gasteiger partial charge in [-0.2, -0.15) is 4.98 Å². The summed E-state index contributed by atoms with van der Waals surface area (Å²) in [6.07, 6.45) is 0. The molecule has 1 aromatic heterocycles. The number of hydrogen-bond acceptors (Lipinski definition) is 6. The summed E-state index contributed by atoms with van der Waals surface area (Å²) in [6.45, 7) is 3.65. The van der Waals surface area contributed by atoms with Gasteiger partial charge in [0.2, 0.25) is 0 Å². The third kappa shape index (κ3) is 3.24. The van der Waals surface area contributed by atoms with Crippen LogP contribution in [-0.2, 0) is 0 Å². The van der Waals surface area contributed by atoms with Crippen molar-refractivity contribution in [2.24, 2.45) is 0 Å². The van der Waals surface area contributed by atoms with Crippen molar-refractivity contribution < 1.29 is 9.45 Å². The molecule has 0 radical (unpaired) electrons. The predicted octanol–water partition coefficient (Wildman–Crippen LogP) is 4.13. The van der Waals surface area contributed by atoms with Crippen LogP contribution in [0, 0.1) is 17.0 Å². The Morgan fingerprint density at radius 3 is 2.58 bits per heavy atom. The van der Waals surface area contributed by atoms with E-state index in [0.29, 0.717) is 17.1 Å². The zero-order chi connectivity index (χ0) is 17.1. The van der Waals surface area contributed by atoms with Crippen molar-refractivity contribution in [1.29, 1.82) is 0 Å².